The second-order valence-corrected chi connectivity index (χ2v) is 6.80. The van der Waals surface area contributed by atoms with Crippen molar-refractivity contribution in [2.75, 3.05) is 6.54 Å². The van der Waals surface area contributed by atoms with Gasteiger partial charge in [-0.1, -0.05) is 13.3 Å². The molecule has 2 fully saturated rings. The fourth-order valence-electron chi connectivity index (χ4n) is 2.77. The van der Waals surface area contributed by atoms with Gasteiger partial charge in [-0.15, -0.1) is 11.8 Å². The topological polar surface area (TPSA) is 12.0 Å². The van der Waals surface area contributed by atoms with Crippen LogP contribution in [0.1, 0.15) is 39.0 Å². The zero-order valence-corrected chi connectivity index (χ0v) is 10.3. The summed E-state index contributed by atoms with van der Waals surface area (Å²) >= 11 is 1.72. The van der Waals surface area contributed by atoms with Crippen LogP contribution in [0.25, 0.3) is 0 Å². The van der Waals surface area contributed by atoms with Crippen molar-refractivity contribution in [3.05, 3.63) is 0 Å². The molecule has 1 heterocycles. The summed E-state index contributed by atoms with van der Waals surface area (Å²) < 4.78 is 38.2. The Kier molecular flexibility index (Phi) is 3.46. The summed E-state index contributed by atoms with van der Waals surface area (Å²) in [6.07, 6.45) is -0.821. The van der Waals surface area contributed by atoms with E-state index < -0.39 is 12.1 Å². The van der Waals surface area contributed by atoms with E-state index in [1.54, 1.807) is 11.8 Å². The Bertz CT molecular complexity index is 252. The molecule has 1 aliphatic heterocycles. The molecule has 0 radical (unpaired) electrons. The first-order chi connectivity index (χ1) is 7.41. The Morgan fingerprint density at radius 1 is 1.31 bits per heavy atom. The maximum atomic E-state index is 12.7. The molecule has 0 aromatic rings. The molecule has 0 bridgehead atoms. The van der Waals surface area contributed by atoms with Crippen LogP contribution in [0.5, 0.6) is 0 Å². The van der Waals surface area contributed by atoms with Gasteiger partial charge in [0.15, 0.2) is 0 Å². The van der Waals surface area contributed by atoms with E-state index in [-0.39, 0.29) is 11.3 Å². The van der Waals surface area contributed by atoms with Crippen LogP contribution in [0.4, 0.5) is 13.2 Å². The predicted octanol–water partition coefficient (Wildman–Crippen LogP) is 3.55. The summed E-state index contributed by atoms with van der Waals surface area (Å²) in [5.41, 5.74) is 0. The summed E-state index contributed by atoms with van der Waals surface area (Å²) in [4.78, 5) is -0.296. The van der Waals surface area contributed by atoms with Crippen LogP contribution in [0.2, 0.25) is 0 Å². The number of alkyl halides is 3. The van der Waals surface area contributed by atoms with E-state index in [1.807, 2.05) is 0 Å². The molecule has 0 aromatic heterocycles. The summed E-state index contributed by atoms with van der Waals surface area (Å²) in [7, 11) is 0. The number of hydrogen-bond donors (Lipinski definition) is 1. The number of hydrogen-bond acceptors (Lipinski definition) is 2. The summed E-state index contributed by atoms with van der Waals surface area (Å²) in [6.45, 7) is 2.98. The smallest absolute Gasteiger partial charge is 0.303 e. The van der Waals surface area contributed by atoms with E-state index in [0.29, 0.717) is 18.1 Å². The minimum atomic E-state index is -4.02. The summed E-state index contributed by atoms with van der Waals surface area (Å²) in [5.74, 6) is -1.11. The molecule has 94 valence electrons. The molecule has 3 unspecified atom stereocenters. The lowest BCUT2D eigenvalue weighted by Gasteiger charge is -2.46. The highest BCUT2D eigenvalue weighted by molar-refractivity contribution is 8.01. The Balaban J connectivity index is 2.05. The van der Waals surface area contributed by atoms with Crippen LogP contribution in [-0.4, -0.2) is 22.8 Å². The zero-order chi connectivity index (χ0) is 11.8. The van der Waals surface area contributed by atoms with Crippen molar-refractivity contribution in [2.45, 2.75) is 55.3 Å². The standard InChI is InChI=1S/C11H18F3NS/c1-8-4-6-15-10(16-8)5-2-3-9(7-10)11(12,13)14/h8-9,15H,2-7H2,1H3. The third-order valence-corrected chi connectivity index (χ3v) is 5.20. The van der Waals surface area contributed by atoms with E-state index in [0.717, 1.165) is 19.4 Å². The largest absolute Gasteiger partial charge is 0.391 e. The summed E-state index contributed by atoms with van der Waals surface area (Å²) in [6, 6.07) is 0. The number of rotatable bonds is 0. The first kappa shape index (κ1) is 12.6. The maximum Gasteiger partial charge on any atom is 0.391 e. The van der Waals surface area contributed by atoms with Crippen molar-refractivity contribution in [1.82, 2.24) is 5.32 Å². The Morgan fingerprint density at radius 2 is 2.06 bits per heavy atom. The van der Waals surface area contributed by atoms with Gasteiger partial charge in [0.1, 0.15) is 0 Å². The lowest BCUT2D eigenvalue weighted by atomic mass is 9.84. The number of thioether (sulfide) groups is 1. The molecule has 5 heteroatoms. The average Bonchev–Trinajstić information content (AvgIpc) is 2.16. The fourth-order valence-corrected chi connectivity index (χ4v) is 4.52. The number of halogens is 3. The Hall–Kier alpha value is 0.100. The minimum absolute atomic E-state index is 0.255. The minimum Gasteiger partial charge on any atom is -0.303 e. The molecule has 1 saturated heterocycles. The van der Waals surface area contributed by atoms with Gasteiger partial charge < -0.3 is 5.32 Å². The van der Waals surface area contributed by atoms with Gasteiger partial charge in [0, 0.05) is 5.25 Å². The molecule has 1 spiro atoms. The van der Waals surface area contributed by atoms with Gasteiger partial charge in [0.25, 0.3) is 0 Å². The normalized spacial score (nSPS) is 41.2. The van der Waals surface area contributed by atoms with Crippen LogP contribution in [0, 0.1) is 5.92 Å². The molecule has 3 atom stereocenters. The van der Waals surface area contributed by atoms with Gasteiger partial charge in [-0.2, -0.15) is 13.2 Å². The van der Waals surface area contributed by atoms with E-state index in [1.165, 1.54) is 0 Å². The van der Waals surface area contributed by atoms with Crippen molar-refractivity contribution in [1.29, 1.82) is 0 Å². The van der Waals surface area contributed by atoms with Crippen molar-refractivity contribution < 1.29 is 13.2 Å². The fraction of sp³-hybridized carbons (Fsp3) is 1.00. The highest BCUT2D eigenvalue weighted by Gasteiger charge is 2.48. The van der Waals surface area contributed by atoms with E-state index in [2.05, 4.69) is 12.2 Å². The van der Waals surface area contributed by atoms with Crippen LogP contribution >= 0.6 is 11.8 Å². The van der Waals surface area contributed by atoms with Crippen LogP contribution < -0.4 is 5.32 Å². The molecule has 1 N–H and O–H groups in total. The third kappa shape index (κ3) is 2.67. The van der Waals surface area contributed by atoms with Gasteiger partial charge in [-0.3, -0.25) is 0 Å². The molecular formula is C11H18F3NS. The highest BCUT2D eigenvalue weighted by atomic mass is 32.2. The molecule has 1 nitrogen and oxygen atoms in total. The molecule has 0 amide bonds. The quantitative estimate of drug-likeness (QED) is 0.708. The molecule has 16 heavy (non-hydrogen) atoms. The SMILES string of the molecule is CC1CCNC2(CCCC(C(F)(F)F)C2)S1. The first-order valence-electron chi connectivity index (χ1n) is 5.91. The second-order valence-electron chi connectivity index (χ2n) is 4.97. The molecule has 1 saturated carbocycles. The zero-order valence-electron chi connectivity index (χ0n) is 9.44. The van der Waals surface area contributed by atoms with Crippen LogP contribution in [-0.2, 0) is 0 Å². The van der Waals surface area contributed by atoms with Gasteiger partial charge in [0.2, 0.25) is 0 Å². The Labute approximate surface area is 98.5 Å². The van der Waals surface area contributed by atoms with Crippen LogP contribution in [0.3, 0.4) is 0 Å². The van der Waals surface area contributed by atoms with Crippen molar-refractivity contribution in [3.8, 4) is 0 Å². The molecular weight excluding hydrogens is 235 g/mol. The van der Waals surface area contributed by atoms with Crippen molar-refractivity contribution in [2.24, 2.45) is 5.92 Å². The maximum absolute atomic E-state index is 12.7. The predicted molar refractivity (Wildman–Crippen MR) is 60.4 cm³/mol. The average molecular weight is 253 g/mol. The monoisotopic (exact) mass is 253 g/mol. The van der Waals surface area contributed by atoms with Gasteiger partial charge >= 0.3 is 6.18 Å². The second kappa shape index (κ2) is 4.41. The van der Waals surface area contributed by atoms with E-state index in [9.17, 15) is 13.2 Å². The molecule has 2 rings (SSSR count). The van der Waals surface area contributed by atoms with Gasteiger partial charge in [-0.05, 0) is 32.2 Å². The molecule has 1 aliphatic carbocycles. The van der Waals surface area contributed by atoms with Gasteiger partial charge in [0.05, 0.1) is 10.8 Å². The highest BCUT2D eigenvalue weighted by Crippen LogP contribution is 2.48. The lowest BCUT2D eigenvalue weighted by molar-refractivity contribution is -0.185. The third-order valence-electron chi connectivity index (χ3n) is 3.60. The van der Waals surface area contributed by atoms with E-state index >= 15 is 0 Å². The van der Waals surface area contributed by atoms with E-state index in [4.69, 9.17) is 0 Å². The van der Waals surface area contributed by atoms with Crippen molar-refractivity contribution >= 4 is 11.8 Å². The lowest BCUT2D eigenvalue weighted by Crippen LogP contribution is -2.52. The molecule has 2 aliphatic rings. The van der Waals surface area contributed by atoms with Crippen LogP contribution in [0.15, 0.2) is 0 Å². The Morgan fingerprint density at radius 3 is 2.69 bits per heavy atom. The number of nitrogens with one attached hydrogen (secondary N) is 1. The first-order valence-corrected chi connectivity index (χ1v) is 6.79. The molecule has 0 aromatic carbocycles. The summed E-state index contributed by atoms with van der Waals surface area (Å²) in [5, 5.41) is 3.81. The van der Waals surface area contributed by atoms with Crippen molar-refractivity contribution in [3.63, 3.8) is 0 Å². The van der Waals surface area contributed by atoms with Gasteiger partial charge in [-0.25, -0.2) is 0 Å².